The van der Waals surface area contributed by atoms with E-state index in [0.717, 1.165) is 17.5 Å². The zero-order valence-corrected chi connectivity index (χ0v) is 16.0. The van der Waals surface area contributed by atoms with Crippen LogP contribution in [0, 0.1) is 5.92 Å². The summed E-state index contributed by atoms with van der Waals surface area (Å²) in [6.45, 7) is 4.09. The third kappa shape index (κ3) is 5.83. The lowest BCUT2D eigenvalue weighted by Gasteiger charge is -2.10. The van der Waals surface area contributed by atoms with Crippen LogP contribution in [0.15, 0.2) is 48.5 Å². The van der Waals surface area contributed by atoms with E-state index in [0.29, 0.717) is 12.0 Å². The van der Waals surface area contributed by atoms with Gasteiger partial charge in [-0.15, -0.1) is 0 Å². The number of carbonyl (C=O) groups excluding carboxylic acids is 2. The van der Waals surface area contributed by atoms with E-state index in [-0.39, 0.29) is 24.1 Å². The van der Waals surface area contributed by atoms with Gasteiger partial charge in [-0.05, 0) is 35.4 Å². The maximum Gasteiger partial charge on any atom is 0.305 e. The van der Waals surface area contributed by atoms with Crippen molar-refractivity contribution in [2.45, 2.75) is 46.0 Å². The standard InChI is InChI=1S/C23H28O3/c1-4-5-6-18-7-9-19(10-8-18)20-11-13-21(14-12-20)22(24)15-17(2)16-23(25)26-3/h7-14,17H,4-6,15-16H2,1-3H3/t17-/m1/s1. The molecule has 0 fully saturated rings. The number of unbranched alkanes of at least 4 members (excludes halogenated alkanes) is 1. The molecule has 2 aromatic rings. The molecule has 0 N–H and O–H groups in total. The number of hydrogen-bond donors (Lipinski definition) is 0. The maximum atomic E-state index is 12.4. The fourth-order valence-corrected chi connectivity index (χ4v) is 2.97. The molecule has 0 heterocycles. The van der Waals surface area contributed by atoms with Crippen molar-refractivity contribution in [1.82, 2.24) is 0 Å². The van der Waals surface area contributed by atoms with Gasteiger partial charge in [-0.1, -0.05) is 68.8 Å². The first kappa shape index (κ1) is 19.9. The Balaban J connectivity index is 1.98. The first-order valence-corrected chi connectivity index (χ1v) is 9.32. The third-order valence-electron chi connectivity index (χ3n) is 4.59. The number of hydrogen-bond acceptors (Lipinski definition) is 3. The second-order valence-corrected chi connectivity index (χ2v) is 6.89. The van der Waals surface area contributed by atoms with Crippen LogP contribution in [0.3, 0.4) is 0 Å². The van der Waals surface area contributed by atoms with E-state index in [4.69, 9.17) is 0 Å². The predicted octanol–water partition coefficient (Wildman–Crippen LogP) is 5.47. The highest BCUT2D eigenvalue weighted by Crippen LogP contribution is 2.22. The van der Waals surface area contributed by atoms with E-state index in [9.17, 15) is 9.59 Å². The van der Waals surface area contributed by atoms with Crippen molar-refractivity contribution >= 4 is 11.8 Å². The molecule has 0 aliphatic rings. The van der Waals surface area contributed by atoms with E-state index < -0.39 is 0 Å². The molecule has 2 rings (SSSR count). The van der Waals surface area contributed by atoms with Crippen molar-refractivity contribution < 1.29 is 14.3 Å². The summed E-state index contributed by atoms with van der Waals surface area (Å²) in [6.07, 6.45) is 4.15. The topological polar surface area (TPSA) is 43.4 Å². The molecule has 0 amide bonds. The Hall–Kier alpha value is -2.42. The van der Waals surface area contributed by atoms with Gasteiger partial charge in [0.05, 0.1) is 7.11 Å². The van der Waals surface area contributed by atoms with Crippen molar-refractivity contribution in [3.63, 3.8) is 0 Å². The Morgan fingerprint density at radius 1 is 0.923 bits per heavy atom. The smallest absolute Gasteiger partial charge is 0.305 e. The van der Waals surface area contributed by atoms with Crippen LogP contribution in [0.5, 0.6) is 0 Å². The van der Waals surface area contributed by atoms with Crippen molar-refractivity contribution in [2.75, 3.05) is 7.11 Å². The molecule has 0 aliphatic carbocycles. The van der Waals surface area contributed by atoms with E-state index in [1.807, 2.05) is 31.2 Å². The molecule has 138 valence electrons. The summed E-state index contributed by atoms with van der Waals surface area (Å²) in [6, 6.07) is 16.3. The predicted molar refractivity (Wildman–Crippen MR) is 105 cm³/mol. The van der Waals surface area contributed by atoms with Gasteiger partial charge in [0.15, 0.2) is 5.78 Å². The van der Waals surface area contributed by atoms with Crippen LogP contribution in [0.1, 0.15) is 55.5 Å². The normalized spacial score (nSPS) is 11.8. The highest BCUT2D eigenvalue weighted by atomic mass is 16.5. The number of ketones is 1. The first-order chi connectivity index (χ1) is 12.5. The minimum atomic E-state index is -0.275. The lowest BCUT2D eigenvalue weighted by atomic mass is 9.95. The maximum absolute atomic E-state index is 12.4. The van der Waals surface area contributed by atoms with Gasteiger partial charge in [-0.2, -0.15) is 0 Å². The molecule has 3 heteroatoms. The molecule has 0 spiro atoms. The summed E-state index contributed by atoms with van der Waals surface area (Å²) in [5, 5.41) is 0. The molecule has 3 nitrogen and oxygen atoms in total. The van der Waals surface area contributed by atoms with Crippen LogP contribution in [0.25, 0.3) is 11.1 Å². The minimum Gasteiger partial charge on any atom is -0.469 e. The van der Waals surface area contributed by atoms with E-state index in [1.165, 1.54) is 25.5 Å². The third-order valence-corrected chi connectivity index (χ3v) is 4.59. The molecule has 0 aliphatic heterocycles. The zero-order valence-electron chi connectivity index (χ0n) is 16.0. The Labute approximate surface area is 156 Å². The Kier molecular flexibility index (Phi) is 7.58. The van der Waals surface area contributed by atoms with Gasteiger partial charge < -0.3 is 4.74 Å². The number of aryl methyl sites for hydroxylation is 1. The summed E-state index contributed by atoms with van der Waals surface area (Å²) in [5.41, 5.74) is 4.31. The lowest BCUT2D eigenvalue weighted by Crippen LogP contribution is -2.11. The second-order valence-electron chi connectivity index (χ2n) is 6.89. The van der Waals surface area contributed by atoms with Gasteiger partial charge >= 0.3 is 5.97 Å². The van der Waals surface area contributed by atoms with E-state index in [2.05, 4.69) is 35.9 Å². The fraction of sp³-hybridized carbons (Fsp3) is 0.391. The molecule has 0 unspecified atom stereocenters. The Morgan fingerprint density at radius 2 is 1.50 bits per heavy atom. The molecule has 26 heavy (non-hydrogen) atoms. The quantitative estimate of drug-likeness (QED) is 0.444. The first-order valence-electron chi connectivity index (χ1n) is 9.32. The molecular formula is C23H28O3. The minimum absolute atomic E-state index is 0.0229. The van der Waals surface area contributed by atoms with Crippen molar-refractivity contribution in [1.29, 1.82) is 0 Å². The summed E-state index contributed by atoms with van der Waals surface area (Å²) in [7, 11) is 1.37. The highest BCUT2D eigenvalue weighted by molar-refractivity contribution is 5.96. The Bertz CT molecular complexity index is 714. The monoisotopic (exact) mass is 352 g/mol. The van der Waals surface area contributed by atoms with Gasteiger partial charge in [-0.25, -0.2) is 0 Å². The van der Waals surface area contributed by atoms with Gasteiger partial charge in [0.2, 0.25) is 0 Å². The number of Topliss-reactive ketones (excluding diaryl/α,β-unsaturated/α-hetero) is 1. The molecule has 0 saturated heterocycles. The summed E-state index contributed by atoms with van der Waals surface area (Å²) in [4.78, 5) is 23.7. The summed E-state index contributed by atoms with van der Waals surface area (Å²) >= 11 is 0. The van der Waals surface area contributed by atoms with Crippen molar-refractivity contribution in [3.05, 3.63) is 59.7 Å². The lowest BCUT2D eigenvalue weighted by molar-refractivity contribution is -0.141. The number of methoxy groups -OCH3 is 1. The van der Waals surface area contributed by atoms with Gasteiger partial charge in [0.1, 0.15) is 0 Å². The zero-order chi connectivity index (χ0) is 18.9. The highest BCUT2D eigenvalue weighted by Gasteiger charge is 2.15. The van der Waals surface area contributed by atoms with Crippen LogP contribution < -0.4 is 0 Å². The molecule has 1 atom stereocenters. The second kappa shape index (κ2) is 9.91. The van der Waals surface area contributed by atoms with Crippen molar-refractivity contribution in [3.8, 4) is 11.1 Å². The van der Waals surface area contributed by atoms with E-state index >= 15 is 0 Å². The van der Waals surface area contributed by atoms with Gasteiger partial charge in [0.25, 0.3) is 0 Å². The molecule has 2 aromatic carbocycles. The molecule has 0 radical (unpaired) electrons. The largest absolute Gasteiger partial charge is 0.469 e. The molecule has 0 aromatic heterocycles. The van der Waals surface area contributed by atoms with Crippen LogP contribution in [0.2, 0.25) is 0 Å². The number of rotatable bonds is 9. The SMILES string of the molecule is CCCCc1ccc(-c2ccc(C(=O)C[C@@H](C)CC(=O)OC)cc2)cc1. The average Bonchev–Trinajstić information content (AvgIpc) is 2.66. The van der Waals surface area contributed by atoms with Crippen LogP contribution in [-0.4, -0.2) is 18.9 Å². The summed E-state index contributed by atoms with van der Waals surface area (Å²) < 4.78 is 4.65. The number of esters is 1. The van der Waals surface area contributed by atoms with Crippen LogP contribution in [0.4, 0.5) is 0 Å². The van der Waals surface area contributed by atoms with Crippen LogP contribution in [-0.2, 0) is 16.0 Å². The van der Waals surface area contributed by atoms with Crippen molar-refractivity contribution in [2.24, 2.45) is 5.92 Å². The van der Waals surface area contributed by atoms with E-state index in [1.54, 1.807) is 0 Å². The molecule has 0 bridgehead atoms. The number of ether oxygens (including phenoxy) is 1. The van der Waals surface area contributed by atoms with Gasteiger partial charge in [-0.3, -0.25) is 9.59 Å². The fourth-order valence-electron chi connectivity index (χ4n) is 2.97. The van der Waals surface area contributed by atoms with Crippen LogP contribution >= 0.6 is 0 Å². The van der Waals surface area contributed by atoms with Gasteiger partial charge in [0, 0.05) is 18.4 Å². The average molecular weight is 352 g/mol. The Morgan fingerprint density at radius 3 is 2.04 bits per heavy atom. The molecule has 0 saturated carbocycles. The molecular weight excluding hydrogens is 324 g/mol. The number of benzene rings is 2. The number of carbonyl (C=O) groups is 2. The summed E-state index contributed by atoms with van der Waals surface area (Å²) in [5.74, 6) is -0.240.